The molecule has 0 bridgehead atoms. The van der Waals surface area contributed by atoms with Crippen molar-refractivity contribution in [3.05, 3.63) is 60.7 Å². The van der Waals surface area contributed by atoms with Crippen molar-refractivity contribution in [1.82, 2.24) is 20.0 Å². The van der Waals surface area contributed by atoms with E-state index in [9.17, 15) is 17.6 Å². The monoisotopic (exact) mass is 441 g/mol. The van der Waals surface area contributed by atoms with Gasteiger partial charge in [-0.1, -0.05) is 24.3 Å². The summed E-state index contributed by atoms with van der Waals surface area (Å²) in [5, 5.41) is 2.65. The number of nitrogens with two attached hydrogens (primary N) is 1. The highest BCUT2D eigenvalue weighted by Crippen LogP contribution is 2.31. The molecule has 1 aliphatic rings. The summed E-state index contributed by atoms with van der Waals surface area (Å²) in [7, 11) is -4.02. The van der Waals surface area contributed by atoms with Crippen LogP contribution in [-0.4, -0.2) is 36.9 Å². The summed E-state index contributed by atoms with van der Waals surface area (Å²) in [6.45, 7) is 0.525. The maximum Gasteiger partial charge on any atom is 0.241 e. The molecule has 1 fully saturated rings. The number of amides is 1. The first kappa shape index (κ1) is 20.9. The van der Waals surface area contributed by atoms with E-state index in [4.69, 9.17) is 5.73 Å². The molecular weight excluding hydrogens is 421 g/mol. The summed E-state index contributed by atoms with van der Waals surface area (Å²) in [4.78, 5) is 19.9. The van der Waals surface area contributed by atoms with Crippen molar-refractivity contribution >= 4 is 21.7 Å². The number of nitrogens with zero attached hydrogens (tertiary/aromatic N) is 2. The summed E-state index contributed by atoms with van der Waals surface area (Å²) < 4.78 is 43.4. The van der Waals surface area contributed by atoms with Crippen LogP contribution in [0.3, 0.4) is 0 Å². The van der Waals surface area contributed by atoms with Crippen molar-refractivity contribution in [2.45, 2.75) is 23.8 Å². The molecule has 2 aromatic carbocycles. The van der Waals surface area contributed by atoms with Gasteiger partial charge in [0.1, 0.15) is 17.7 Å². The number of nitrogens with one attached hydrogen (secondary N) is 2. The molecule has 0 spiro atoms. The van der Waals surface area contributed by atoms with Crippen LogP contribution in [0.2, 0.25) is 0 Å². The number of carbonyl (C=O) groups is 1. The van der Waals surface area contributed by atoms with Gasteiger partial charge in [-0.25, -0.2) is 17.8 Å². The Morgan fingerprint density at radius 3 is 2.61 bits per heavy atom. The number of sulfonamides is 1. The van der Waals surface area contributed by atoms with Crippen LogP contribution in [0.25, 0.3) is 22.4 Å². The number of nitrogen functional groups attached to an aromatic ring is 1. The summed E-state index contributed by atoms with van der Waals surface area (Å²) in [5.74, 6) is -0.713. The standard InChI is InChI=1S/C21H20FN5O3S/c22-16-10-13(7-8-15(16)18-11-26-20(23)12-25-18)14-4-1-2-6-19(14)31(29,30)27-17-5-3-9-24-21(17)28/h1-2,4,6-8,10-12,17,27H,3,5,9H2,(H2,23,26)(H,24,28). The third kappa shape index (κ3) is 4.39. The second kappa shape index (κ2) is 8.40. The van der Waals surface area contributed by atoms with Gasteiger partial charge in [-0.3, -0.25) is 9.78 Å². The fourth-order valence-electron chi connectivity index (χ4n) is 3.44. The maximum atomic E-state index is 14.9. The zero-order chi connectivity index (χ0) is 22.0. The fraction of sp³-hybridized carbons (Fsp3) is 0.190. The van der Waals surface area contributed by atoms with Crippen LogP contribution in [-0.2, 0) is 14.8 Å². The van der Waals surface area contributed by atoms with E-state index >= 15 is 0 Å². The average Bonchev–Trinajstić information content (AvgIpc) is 2.76. The lowest BCUT2D eigenvalue weighted by Gasteiger charge is -2.23. The van der Waals surface area contributed by atoms with Crippen LogP contribution >= 0.6 is 0 Å². The average molecular weight is 441 g/mol. The number of benzene rings is 2. The van der Waals surface area contributed by atoms with Gasteiger partial charge in [0.05, 0.1) is 23.0 Å². The number of anilines is 1. The zero-order valence-corrected chi connectivity index (χ0v) is 17.2. The van der Waals surface area contributed by atoms with Crippen molar-refractivity contribution in [2.75, 3.05) is 12.3 Å². The Bertz CT molecular complexity index is 1230. The lowest BCUT2D eigenvalue weighted by Crippen LogP contribution is -2.50. The Morgan fingerprint density at radius 1 is 1.10 bits per heavy atom. The van der Waals surface area contributed by atoms with Crippen LogP contribution in [0.5, 0.6) is 0 Å². The number of halogens is 1. The molecule has 3 aromatic rings. The Kier molecular flexibility index (Phi) is 5.66. The molecule has 1 amide bonds. The Morgan fingerprint density at radius 2 is 1.90 bits per heavy atom. The molecule has 0 aliphatic carbocycles. The Balaban J connectivity index is 1.69. The second-order valence-corrected chi connectivity index (χ2v) is 8.81. The van der Waals surface area contributed by atoms with Crippen LogP contribution in [0, 0.1) is 5.82 Å². The van der Waals surface area contributed by atoms with E-state index < -0.39 is 21.9 Å². The molecule has 1 unspecified atom stereocenters. The molecule has 10 heteroatoms. The topological polar surface area (TPSA) is 127 Å². The molecule has 1 saturated heterocycles. The van der Waals surface area contributed by atoms with E-state index in [1.807, 2.05) is 0 Å². The van der Waals surface area contributed by atoms with Gasteiger partial charge in [0, 0.05) is 17.7 Å². The first-order valence-electron chi connectivity index (χ1n) is 9.62. The van der Waals surface area contributed by atoms with E-state index in [1.165, 1.54) is 30.6 Å². The molecular formula is C21H20FN5O3S. The minimum Gasteiger partial charge on any atom is -0.382 e. The van der Waals surface area contributed by atoms with E-state index in [2.05, 4.69) is 20.0 Å². The number of aromatic nitrogens is 2. The molecule has 160 valence electrons. The van der Waals surface area contributed by atoms with Gasteiger partial charge in [-0.15, -0.1) is 0 Å². The van der Waals surface area contributed by atoms with Gasteiger partial charge in [0.2, 0.25) is 15.9 Å². The second-order valence-electron chi connectivity index (χ2n) is 7.12. The van der Waals surface area contributed by atoms with Gasteiger partial charge in [-0.2, -0.15) is 4.72 Å². The van der Waals surface area contributed by atoms with Crippen molar-refractivity contribution in [2.24, 2.45) is 0 Å². The zero-order valence-electron chi connectivity index (χ0n) is 16.4. The van der Waals surface area contributed by atoms with E-state index in [-0.39, 0.29) is 22.2 Å². The summed E-state index contributed by atoms with van der Waals surface area (Å²) in [6.07, 6.45) is 3.79. The molecule has 2 heterocycles. The molecule has 4 rings (SSSR count). The van der Waals surface area contributed by atoms with Gasteiger partial charge >= 0.3 is 0 Å². The number of hydrogen-bond donors (Lipinski definition) is 3. The quantitative estimate of drug-likeness (QED) is 0.556. The minimum atomic E-state index is -4.02. The maximum absolute atomic E-state index is 14.9. The molecule has 4 N–H and O–H groups in total. The Labute approximate surface area is 178 Å². The fourth-order valence-corrected chi connectivity index (χ4v) is 4.90. The summed E-state index contributed by atoms with van der Waals surface area (Å²) in [5.41, 5.74) is 6.74. The van der Waals surface area contributed by atoms with Gasteiger partial charge < -0.3 is 11.1 Å². The third-order valence-corrected chi connectivity index (χ3v) is 6.52. The van der Waals surface area contributed by atoms with Gasteiger partial charge in [0.25, 0.3) is 0 Å². The van der Waals surface area contributed by atoms with E-state index in [1.54, 1.807) is 24.3 Å². The molecule has 1 atom stereocenters. The van der Waals surface area contributed by atoms with Crippen molar-refractivity contribution in [1.29, 1.82) is 0 Å². The van der Waals surface area contributed by atoms with Crippen LogP contribution in [0.4, 0.5) is 10.2 Å². The highest BCUT2D eigenvalue weighted by molar-refractivity contribution is 7.89. The summed E-state index contributed by atoms with van der Waals surface area (Å²) in [6, 6.07) is 9.79. The highest BCUT2D eigenvalue weighted by Gasteiger charge is 2.29. The number of rotatable bonds is 5. The predicted molar refractivity (Wildman–Crippen MR) is 114 cm³/mol. The molecule has 8 nitrogen and oxygen atoms in total. The normalized spacial score (nSPS) is 16.7. The lowest BCUT2D eigenvalue weighted by molar-refractivity contribution is -0.124. The van der Waals surface area contributed by atoms with Gasteiger partial charge in [0.15, 0.2) is 0 Å². The molecule has 1 aliphatic heterocycles. The predicted octanol–water partition coefficient (Wildman–Crippen LogP) is 2.09. The SMILES string of the molecule is Nc1cnc(-c2ccc(-c3ccccc3S(=O)(=O)NC3CCCNC3=O)cc2F)cn1. The highest BCUT2D eigenvalue weighted by atomic mass is 32.2. The molecule has 0 saturated carbocycles. The van der Waals surface area contributed by atoms with Crippen molar-refractivity contribution < 1.29 is 17.6 Å². The van der Waals surface area contributed by atoms with Crippen LogP contribution in [0.15, 0.2) is 59.8 Å². The minimum absolute atomic E-state index is 0.0344. The summed E-state index contributed by atoms with van der Waals surface area (Å²) >= 11 is 0. The molecule has 0 radical (unpaired) electrons. The van der Waals surface area contributed by atoms with E-state index in [0.717, 1.165) is 0 Å². The number of piperidine rings is 1. The molecule has 1 aromatic heterocycles. The lowest BCUT2D eigenvalue weighted by atomic mass is 10.0. The number of carbonyl (C=O) groups excluding carboxylic acids is 1. The van der Waals surface area contributed by atoms with Crippen LogP contribution in [0.1, 0.15) is 12.8 Å². The Hall–Kier alpha value is -3.37. The molecule has 31 heavy (non-hydrogen) atoms. The van der Waals surface area contributed by atoms with Crippen molar-refractivity contribution in [3.8, 4) is 22.4 Å². The first-order chi connectivity index (χ1) is 14.8. The van der Waals surface area contributed by atoms with Crippen LogP contribution < -0.4 is 15.8 Å². The smallest absolute Gasteiger partial charge is 0.241 e. The van der Waals surface area contributed by atoms with Crippen molar-refractivity contribution in [3.63, 3.8) is 0 Å². The third-order valence-electron chi connectivity index (χ3n) is 4.99. The first-order valence-corrected chi connectivity index (χ1v) is 11.1. The van der Waals surface area contributed by atoms with E-state index in [0.29, 0.717) is 36.2 Å². The number of hydrogen-bond acceptors (Lipinski definition) is 6. The van der Waals surface area contributed by atoms with Gasteiger partial charge in [-0.05, 0) is 36.6 Å². The largest absolute Gasteiger partial charge is 0.382 e.